The summed E-state index contributed by atoms with van der Waals surface area (Å²) in [7, 11) is 0. The van der Waals surface area contributed by atoms with Crippen LogP contribution in [0.15, 0.2) is 24.3 Å². The maximum atomic E-state index is 12.8. The van der Waals surface area contributed by atoms with Gasteiger partial charge in [-0.2, -0.15) is 0 Å². The van der Waals surface area contributed by atoms with Gasteiger partial charge in [0.2, 0.25) is 17.7 Å². The van der Waals surface area contributed by atoms with Crippen LogP contribution in [0.4, 0.5) is 5.69 Å². The lowest BCUT2D eigenvalue weighted by molar-refractivity contribution is -0.384. The lowest BCUT2D eigenvalue weighted by atomic mass is 9.87. The third-order valence-corrected chi connectivity index (χ3v) is 4.54. The summed E-state index contributed by atoms with van der Waals surface area (Å²) in [5.74, 6) is -3.85. The van der Waals surface area contributed by atoms with Crippen molar-refractivity contribution in [2.24, 2.45) is 11.7 Å². The van der Waals surface area contributed by atoms with Crippen LogP contribution in [0.1, 0.15) is 45.6 Å². The molecule has 0 aliphatic carbocycles. The normalized spacial score (nSPS) is 13.6. The number of hydrogen-bond donors (Lipinski definition) is 3. The molecule has 0 bridgehead atoms. The molecule has 0 radical (unpaired) electrons. The first-order valence-corrected chi connectivity index (χ1v) is 9.74. The van der Waals surface area contributed by atoms with Gasteiger partial charge < -0.3 is 21.1 Å². The van der Waals surface area contributed by atoms with Crippen molar-refractivity contribution < 1.29 is 28.8 Å². The Bertz CT molecular complexity index is 823. The second-order valence-corrected chi connectivity index (χ2v) is 7.28. The van der Waals surface area contributed by atoms with E-state index in [9.17, 15) is 29.3 Å². The summed E-state index contributed by atoms with van der Waals surface area (Å²) in [6.45, 7) is 6.41. The molecule has 11 nitrogen and oxygen atoms in total. The standard InChI is InChI=1S/C20H28N4O7/c1-5-31-16(26)10-15(13-6-8-14(9-7-13)24(29)30)18(19(21)27)23-20(28)17(11(2)3)22-12(4)25/h6-9,11,15,17-18H,5,10H2,1-4H3,(H2,21,27)(H,22,25)(H,23,28)/t15-,17-,18-/m1/s1. The van der Waals surface area contributed by atoms with Crippen molar-refractivity contribution in [1.29, 1.82) is 0 Å². The molecule has 3 amide bonds. The fourth-order valence-corrected chi connectivity index (χ4v) is 3.04. The second-order valence-electron chi connectivity index (χ2n) is 7.28. The van der Waals surface area contributed by atoms with Crippen molar-refractivity contribution in [1.82, 2.24) is 10.6 Å². The van der Waals surface area contributed by atoms with Crippen molar-refractivity contribution in [2.45, 2.75) is 52.1 Å². The minimum absolute atomic E-state index is 0.108. The molecule has 0 aliphatic rings. The SMILES string of the molecule is CCOC(=O)C[C@H](c1ccc([N+](=O)[O-])cc1)[C@@H](NC(=O)[C@H](NC(C)=O)C(C)C)C(N)=O. The van der Waals surface area contributed by atoms with E-state index in [0.717, 1.165) is 0 Å². The molecule has 0 unspecified atom stereocenters. The molecule has 3 atom stereocenters. The quantitative estimate of drug-likeness (QED) is 0.261. The monoisotopic (exact) mass is 436 g/mol. The van der Waals surface area contributed by atoms with Crippen LogP contribution in [0.5, 0.6) is 0 Å². The second kappa shape index (κ2) is 11.6. The predicted octanol–water partition coefficient (Wildman–Crippen LogP) is 0.762. The highest BCUT2D eigenvalue weighted by Gasteiger charge is 2.34. The smallest absolute Gasteiger partial charge is 0.306 e. The van der Waals surface area contributed by atoms with E-state index in [1.54, 1.807) is 20.8 Å². The first-order valence-electron chi connectivity index (χ1n) is 9.74. The van der Waals surface area contributed by atoms with Gasteiger partial charge in [0, 0.05) is 25.0 Å². The largest absolute Gasteiger partial charge is 0.466 e. The topological polar surface area (TPSA) is 171 Å². The summed E-state index contributed by atoms with van der Waals surface area (Å²) in [5, 5.41) is 16.0. The molecule has 0 saturated carbocycles. The number of nitrogens with zero attached hydrogens (tertiary/aromatic N) is 1. The van der Waals surface area contributed by atoms with Crippen molar-refractivity contribution in [2.75, 3.05) is 6.61 Å². The number of nitrogens with one attached hydrogen (secondary N) is 2. The number of nitro groups is 1. The molecule has 1 rings (SSSR count). The minimum Gasteiger partial charge on any atom is -0.466 e. The zero-order chi connectivity index (χ0) is 23.7. The molecule has 4 N–H and O–H groups in total. The molecule has 0 fully saturated rings. The maximum absolute atomic E-state index is 12.8. The van der Waals surface area contributed by atoms with Gasteiger partial charge in [0.15, 0.2) is 0 Å². The van der Waals surface area contributed by atoms with Crippen LogP contribution in [0, 0.1) is 16.0 Å². The molecule has 0 aliphatic heterocycles. The average Bonchev–Trinajstić information content (AvgIpc) is 2.68. The average molecular weight is 436 g/mol. The summed E-state index contributed by atoms with van der Waals surface area (Å²) >= 11 is 0. The van der Waals surface area contributed by atoms with Gasteiger partial charge in [0.1, 0.15) is 12.1 Å². The number of ether oxygens (including phenoxy) is 1. The Balaban J connectivity index is 3.29. The molecular formula is C20H28N4O7. The summed E-state index contributed by atoms with van der Waals surface area (Å²) in [5.41, 5.74) is 5.73. The maximum Gasteiger partial charge on any atom is 0.306 e. The molecule has 0 saturated heterocycles. The Kier molecular flexibility index (Phi) is 9.58. The van der Waals surface area contributed by atoms with E-state index in [-0.39, 0.29) is 24.6 Å². The highest BCUT2D eigenvalue weighted by molar-refractivity contribution is 5.92. The van der Waals surface area contributed by atoms with E-state index in [1.165, 1.54) is 31.2 Å². The first-order chi connectivity index (χ1) is 14.5. The van der Waals surface area contributed by atoms with Gasteiger partial charge in [-0.25, -0.2) is 0 Å². The molecule has 1 aromatic rings. The number of carbonyl (C=O) groups is 4. The summed E-state index contributed by atoms with van der Waals surface area (Å²) in [6.07, 6.45) is -0.300. The van der Waals surface area contributed by atoms with Gasteiger partial charge in [-0.3, -0.25) is 29.3 Å². The lowest BCUT2D eigenvalue weighted by Crippen LogP contribution is -2.56. The minimum atomic E-state index is -1.33. The van der Waals surface area contributed by atoms with E-state index in [1.807, 2.05) is 0 Å². The van der Waals surface area contributed by atoms with E-state index in [0.29, 0.717) is 5.56 Å². The first kappa shape index (κ1) is 25.5. The Labute approximate surface area is 179 Å². The number of nitrogens with two attached hydrogens (primary N) is 1. The number of hydrogen-bond acceptors (Lipinski definition) is 7. The number of carbonyl (C=O) groups excluding carboxylic acids is 4. The van der Waals surface area contributed by atoms with Gasteiger partial charge in [-0.05, 0) is 18.4 Å². The van der Waals surface area contributed by atoms with Crippen molar-refractivity contribution in [3.63, 3.8) is 0 Å². The molecule has 31 heavy (non-hydrogen) atoms. The molecule has 170 valence electrons. The van der Waals surface area contributed by atoms with E-state index in [4.69, 9.17) is 10.5 Å². The number of nitro benzene ring substituents is 1. The number of non-ortho nitro benzene ring substituents is 1. The summed E-state index contributed by atoms with van der Waals surface area (Å²) in [6, 6.07) is 2.96. The molecule has 0 heterocycles. The fourth-order valence-electron chi connectivity index (χ4n) is 3.04. The molecular weight excluding hydrogens is 408 g/mol. The highest BCUT2D eigenvalue weighted by atomic mass is 16.6. The van der Waals surface area contributed by atoms with E-state index >= 15 is 0 Å². The molecule has 1 aromatic carbocycles. The predicted molar refractivity (Wildman–Crippen MR) is 111 cm³/mol. The third-order valence-electron chi connectivity index (χ3n) is 4.54. The van der Waals surface area contributed by atoms with Crippen LogP contribution < -0.4 is 16.4 Å². The zero-order valence-corrected chi connectivity index (χ0v) is 17.9. The summed E-state index contributed by atoms with van der Waals surface area (Å²) < 4.78 is 4.96. The van der Waals surface area contributed by atoms with Crippen molar-refractivity contribution in [3.8, 4) is 0 Å². The number of esters is 1. The molecule has 11 heteroatoms. The van der Waals surface area contributed by atoms with Crippen LogP contribution in [0.2, 0.25) is 0 Å². The van der Waals surface area contributed by atoms with Crippen LogP contribution in [0.25, 0.3) is 0 Å². The van der Waals surface area contributed by atoms with Crippen LogP contribution in [0.3, 0.4) is 0 Å². The number of amides is 3. The highest BCUT2D eigenvalue weighted by Crippen LogP contribution is 2.27. The van der Waals surface area contributed by atoms with Crippen molar-refractivity contribution >= 4 is 29.4 Å². The van der Waals surface area contributed by atoms with Crippen LogP contribution in [-0.2, 0) is 23.9 Å². The number of primary amides is 1. The van der Waals surface area contributed by atoms with Crippen molar-refractivity contribution in [3.05, 3.63) is 39.9 Å². The van der Waals surface area contributed by atoms with Gasteiger partial charge in [0.05, 0.1) is 18.0 Å². The lowest BCUT2D eigenvalue weighted by Gasteiger charge is -2.28. The van der Waals surface area contributed by atoms with Gasteiger partial charge in [-0.15, -0.1) is 0 Å². The Morgan fingerprint density at radius 1 is 1.10 bits per heavy atom. The van der Waals surface area contributed by atoms with E-state index < -0.39 is 46.6 Å². The van der Waals surface area contributed by atoms with Crippen LogP contribution in [-0.4, -0.2) is 47.3 Å². The number of benzene rings is 1. The van der Waals surface area contributed by atoms with E-state index in [2.05, 4.69) is 10.6 Å². The Morgan fingerprint density at radius 3 is 2.10 bits per heavy atom. The van der Waals surface area contributed by atoms with Gasteiger partial charge in [-0.1, -0.05) is 26.0 Å². The summed E-state index contributed by atoms with van der Waals surface area (Å²) in [4.78, 5) is 59.0. The third kappa shape index (κ3) is 7.68. The van der Waals surface area contributed by atoms with Gasteiger partial charge in [0.25, 0.3) is 5.69 Å². The number of rotatable bonds is 11. The zero-order valence-electron chi connectivity index (χ0n) is 17.9. The molecule has 0 aromatic heterocycles. The molecule has 0 spiro atoms. The Hall–Kier alpha value is -3.50. The fraction of sp³-hybridized carbons (Fsp3) is 0.500. The van der Waals surface area contributed by atoms with Gasteiger partial charge >= 0.3 is 5.97 Å². The Morgan fingerprint density at radius 2 is 1.68 bits per heavy atom. The van der Waals surface area contributed by atoms with Crippen LogP contribution >= 0.6 is 0 Å².